The molecule has 2 aliphatic heterocycles. The molecule has 0 bridgehead atoms. The van der Waals surface area contributed by atoms with Crippen molar-refractivity contribution in [2.24, 2.45) is 5.92 Å². The Labute approximate surface area is 153 Å². The molecule has 2 heterocycles. The van der Waals surface area contributed by atoms with Crippen LogP contribution in [-0.2, 0) is 16.1 Å². The molecular weight excluding hydrogens is 334 g/mol. The summed E-state index contributed by atoms with van der Waals surface area (Å²) in [5.74, 6) is -1.76. The van der Waals surface area contributed by atoms with E-state index in [4.69, 9.17) is 0 Å². The van der Waals surface area contributed by atoms with Crippen molar-refractivity contribution in [1.29, 1.82) is 0 Å². The highest BCUT2D eigenvalue weighted by molar-refractivity contribution is 5.88. The van der Waals surface area contributed by atoms with E-state index in [1.54, 1.807) is 16.8 Å². The summed E-state index contributed by atoms with van der Waals surface area (Å²) in [4.78, 5) is 39.4. The van der Waals surface area contributed by atoms with Crippen LogP contribution in [0.15, 0.2) is 24.3 Å². The van der Waals surface area contributed by atoms with E-state index in [9.17, 15) is 19.5 Å². The Balaban J connectivity index is 1.61. The number of nitrogens with one attached hydrogen (secondary N) is 1. The van der Waals surface area contributed by atoms with Crippen molar-refractivity contribution in [3.63, 3.8) is 0 Å². The van der Waals surface area contributed by atoms with Crippen LogP contribution in [0.3, 0.4) is 0 Å². The fourth-order valence-corrected chi connectivity index (χ4v) is 4.17. The summed E-state index contributed by atoms with van der Waals surface area (Å²) in [6.45, 7) is 3.36. The highest BCUT2D eigenvalue weighted by Crippen LogP contribution is 2.42. The lowest BCUT2D eigenvalue weighted by atomic mass is 9.77. The number of aryl methyl sites for hydroxylation is 1. The topological polar surface area (TPSA) is 90.0 Å². The monoisotopic (exact) mass is 359 g/mol. The smallest absolute Gasteiger partial charge is 0.317 e. The van der Waals surface area contributed by atoms with Crippen molar-refractivity contribution in [3.8, 4) is 0 Å². The number of carboxylic acids is 1. The molecule has 2 fully saturated rings. The molecule has 1 aromatic rings. The first-order chi connectivity index (χ1) is 12.3. The largest absolute Gasteiger partial charge is 0.481 e. The van der Waals surface area contributed by atoms with Crippen LogP contribution in [0.5, 0.6) is 0 Å². The van der Waals surface area contributed by atoms with E-state index in [1.165, 1.54) is 0 Å². The fourth-order valence-electron chi connectivity index (χ4n) is 4.17. The molecule has 1 spiro atoms. The van der Waals surface area contributed by atoms with Crippen LogP contribution in [0.2, 0.25) is 0 Å². The minimum Gasteiger partial charge on any atom is -0.481 e. The molecule has 7 nitrogen and oxygen atoms in total. The van der Waals surface area contributed by atoms with Gasteiger partial charge in [-0.2, -0.15) is 0 Å². The van der Waals surface area contributed by atoms with Gasteiger partial charge in [-0.25, -0.2) is 4.79 Å². The number of carbonyl (C=O) groups excluding carboxylic acids is 2. The summed E-state index contributed by atoms with van der Waals surface area (Å²) >= 11 is 0. The molecule has 2 aliphatic rings. The van der Waals surface area contributed by atoms with Crippen LogP contribution >= 0.6 is 0 Å². The van der Waals surface area contributed by atoms with Gasteiger partial charge in [0.25, 0.3) is 0 Å². The van der Waals surface area contributed by atoms with Crippen LogP contribution < -0.4 is 5.32 Å². The van der Waals surface area contributed by atoms with Crippen LogP contribution in [0.4, 0.5) is 4.79 Å². The molecule has 0 aliphatic carbocycles. The quantitative estimate of drug-likeness (QED) is 0.858. The Bertz CT molecular complexity index is 725. The lowest BCUT2D eigenvalue weighted by Crippen LogP contribution is -2.58. The average molecular weight is 359 g/mol. The average Bonchev–Trinajstić information content (AvgIpc) is 2.87. The number of hydrogen-bond acceptors (Lipinski definition) is 3. The molecule has 3 rings (SSSR count). The predicted octanol–water partition coefficient (Wildman–Crippen LogP) is 1.60. The van der Waals surface area contributed by atoms with Crippen molar-refractivity contribution in [2.45, 2.75) is 38.3 Å². The molecule has 3 amide bonds. The first-order valence-corrected chi connectivity index (χ1v) is 8.92. The van der Waals surface area contributed by atoms with Gasteiger partial charge >= 0.3 is 12.0 Å². The second-order valence-electron chi connectivity index (χ2n) is 7.22. The van der Waals surface area contributed by atoms with Crippen LogP contribution in [0, 0.1) is 12.8 Å². The number of likely N-dealkylation sites (tertiary alicyclic amines) is 2. The van der Waals surface area contributed by atoms with Gasteiger partial charge in [-0.15, -0.1) is 0 Å². The lowest BCUT2D eigenvalue weighted by molar-refractivity contribution is -0.145. The van der Waals surface area contributed by atoms with Gasteiger partial charge in [0.2, 0.25) is 5.91 Å². The Morgan fingerprint density at radius 3 is 2.54 bits per heavy atom. The number of hydrogen-bond donors (Lipinski definition) is 2. The molecular formula is C19H25N3O4. The molecule has 1 unspecified atom stereocenters. The van der Waals surface area contributed by atoms with Crippen molar-refractivity contribution in [2.75, 3.05) is 20.1 Å². The third-order valence-electron chi connectivity index (χ3n) is 5.98. The van der Waals surface area contributed by atoms with E-state index < -0.39 is 17.4 Å². The van der Waals surface area contributed by atoms with Gasteiger partial charge in [0.05, 0.1) is 11.5 Å². The third-order valence-corrected chi connectivity index (χ3v) is 5.98. The van der Waals surface area contributed by atoms with E-state index in [0.29, 0.717) is 32.5 Å². The molecule has 0 saturated carbocycles. The second kappa shape index (κ2) is 6.97. The summed E-state index contributed by atoms with van der Waals surface area (Å²) in [6.07, 6.45) is 1.03. The zero-order chi connectivity index (χ0) is 18.9. The van der Waals surface area contributed by atoms with Crippen LogP contribution in [0.25, 0.3) is 0 Å². The second-order valence-corrected chi connectivity index (χ2v) is 7.22. The first kappa shape index (κ1) is 18.2. The summed E-state index contributed by atoms with van der Waals surface area (Å²) in [6, 6.07) is 7.74. The van der Waals surface area contributed by atoms with Crippen LogP contribution in [0.1, 0.15) is 30.4 Å². The first-order valence-electron chi connectivity index (χ1n) is 8.92. The molecule has 140 valence electrons. The maximum absolute atomic E-state index is 12.5. The molecule has 7 heteroatoms. The van der Waals surface area contributed by atoms with Crippen molar-refractivity contribution < 1.29 is 19.5 Å². The molecule has 2 saturated heterocycles. The van der Waals surface area contributed by atoms with Gasteiger partial charge in [0.15, 0.2) is 0 Å². The number of urea groups is 1. The molecule has 26 heavy (non-hydrogen) atoms. The molecule has 0 radical (unpaired) electrons. The Morgan fingerprint density at radius 1 is 1.27 bits per heavy atom. The number of nitrogens with zero attached hydrogens (tertiary/aromatic N) is 2. The van der Waals surface area contributed by atoms with Gasteiger partial charge in [-0.05, 0) is 30.9 Å². The molecule has 2 N–H and O–H groups in total. The van der Waals surface area contributed by atoms with E-state index in [0.717, 1.165) is 11.1 Å². The summed E-state index contributed by atoms with van der Waals surface area (Å²) in [7, 11) is 1.68. The highest BCUT2D eigenvalue weighted by atomic mass is 16.4. The van der Waals surface area contributed by atoms with Crippen molar-refractivity contribution in [3.05, 3.63) is 35.4 Å². The Hall–Kier alpha value is -2.57. The van der Waals surface area contributed by atoms with E-state index in [2.05, 4.69) is 5.32 Å². The lowest BCUT2D eigenvalue weighted by Gasteiger charge is -2.45. The Kier molecular flexibility index (Phi) is 4.89. The number of amides is 3. The molecule has 0 aromatic heterocycles. The maximum Gasteiger partial charge on any atom is 0.317 e. The zero-order valence-electron chi connectivity index (χ0n) is 15.2. The van der Waals surface area contributed by atoms with Gasteiger partial charge in [0, 0.05) is 33.1 Å². The third kappa shape index (κ3) is 3.13. The minimum absolute atomic E-state index is 0.0469. The maximum atomic E-state index is 12.5. The number of aliphatic carboxylic acids is 1. The SMILES string of the molecule is Cc1ccccc1CNC(=O)N1CCC2(CC1)C(C(=O)O)CC(=O)N2C. The van der Waals surface area contributed by atoms with Crippen molar-refractivity contribution >= 4 is 17.9 Å². The number of carbonyl (C=O) groups is 3. The summed E-state index contributed by atoms with van der Waals surface area (Å²) < 4.78 is 0. The van der Waals surface area contributed by atoms with Gasteiger partial charge < -0.3 is 20.2 Å². The van der Waals surface area contributed by atoms with E-state index >= 15 is 0 Å². The molecule has 1 aromatic carbocycles. The number of rotatable bonds is 3. The normalized spacial score (nSPS) is 21.9. The van der Waals surface area contributed by atoms with Gasteiger partial charge in [-0.3, -0.25) is 9.59 Å². The van der Waals surface area contributed by atoms with Gasteiger partial charge in [0.1, 0.15) is 0 Å². The highest BCUT2D eigenvalue weighted by Gasteiger charge is 2.55. The van der Waals surface area contributed by atoms with Crippen molar-refractivity contribution in [1.82, 2.24) is 15.1 Å². The standard InChI is InChI=1S/C19H25N3O4/c1-13-5-3-4-6-14(13)12-20-18(26)22-9-7-19(8-10-22)15(17(24)25)11-16(23)21(19)2/h3-6,15H,7-12H2,1-2H3,(H,20,26)(H,24,25). The number of benzene rings is 1. The molecule has 1 atom stereocenters. The Morgan fingerprint density at radius 2 is 1.92 bits per heavy atom. The zero-order valence-corrected chi connectivity index (χ0v) is 15.2. The van der Waals surface area contributed by atoms with E-state index in [1.807, 2.05) is 31.2 Å². The predicted molar refractivity (Wildman–Crippen MR) is 95.5 cm³/mol. The minimum atomic E-state index is -0.930. The summed E-state index contributed by atoms with van der Waals surface area (Å²) in [5.41, 5.74) is 1.53. The summed E-state index contributed by atoms with van der Waals surface area (Å²) in [5, 5.41) is 12.4. The van der Waals surface area contributed by atoms with Crippen LogP contribution in [-0.4, -0.2) is 58.5 Å². The van der Waals surface area contributed by atoms with E-state index in [-0.39, 0.29) is 18.4 Å². The fraction of sp³-hybridized carbons (Fsp3) is 0.526. The number of piperidine rings is 1. The number of carboxylic acid groups (broad SMARTS) is 1. The van der Waals surface area contributed by atoms with Gasteiger partial charge in [-0.1, -0.05) is 24.3 Å².